The van der Waals surface area contributed by atoms with Crippen molar-refractivity contribution in [1.82, 2.24) is 10.2 Å². The molecule has 1 heterocycles. The molecule has 3 amide bonds. The summed E-state index contributed by atoms with van der Waals surface area (Å²) in [5.74, 6) is -0.701. The second kappa shape index (κ2) is 5.30. The van der Waals surface area contributed by atoms with Crippen LogP contribution in [0.5, 0.6) is 0 Å². The Morgan fingerprint density at radius 3 is 2.56 bits per heavy atom. The van der Waals surface area contributed by atoms with E-state index in [2.05, 4.69) is 5.32 Å². The third-order valence-electron chi connectivity index (χ3n) is 3.38. The molecule has 2 atom stereocenters. The van der Waals surface area contributed by atoms with Gasteiger partial charge in [0.05, 0.1) is 0 Å². The van der Waals surface area contributed by atoms with Crippen molar-refractivity contribution in [2.45, 2.75) is 25.3 Å². The fourth-order valence-corrected chi connectivity index (χ4v) is 2.34. The maximum absolute atomic E-state index is 11.8. The monoisotopic (exact) mass is 251 g/mol. The molecule has 0 aromatic heterocycles. The maximum Gasteiger partial charge on any atom is 0.253 e. The Morgan fingerprint density at radius 1 is 1.33 bits per heavy atom. The Morgan fingerprint density at radius 2 is 2.00 bits per heavy atom. The maximum atomic E-state index is 11.8. The summed E-state index contributed by atoms with van der Waals surface area (Å²) in [6.45, 7) is 0.513. The Labute approximate surface area is 105 Å². The Balaban J connectivity index is 1.71. The van der Waals surface area contributed by atoms with E-state index in [-0.39, 0.29) is 36.2 Å². The zero-order valence-corrected chi connectivity index (χ0v) is 10.1. The number of carbonyl (C=O) groups is 3. The largest absolute Gasteiger partial charge is 0.354 e. The van der Waals surface area contributed by atoms with E-state index in [1.165, 1.54) is 12.2 Å². The number of amides is 3. The third-order valence-corrected chi connectivity index (χ3v) is 3.38. The van der Waals surface area contributed by atoms with Crippen LogP contribution < -0.4 is 11.1 Å². The van der Waals surface area contributed by atoms with Gasteiger partial charge in [0, 0.05) is 37.2 Å². The highest BCUT2D eigenvalue weighted by Crippen LogP contribution is 2.23. The highest BCUT2D eigenvalue weighted by molar-refractivity contribution is 6.12. The van der Waals surface area contributed by atoms with Crippen molar-refractivity contribution < 1.29 is 14.4 Å². The average Bonchev–Trinajstić information content (AvgIpc) is 2.89. The van der Waals surface area contributed by atoms with E-state index in [4.69, 9.17) is 5.73 Å². The predicted molar refractivity (Wildman–Crippen MR) is 64.2 cm³/mol. The lowest BCUT2D eigenvalue weighted by Crippen LogP contribution is -2.39. The first-order chi connectivity index (χ1) is 8.58. The van der Waals surface area contributed by atoms with Gasteiger partial charge in [-0.1, -0.05) is 0 Å². The van der Waals surface area contributed by atoms with Gasteiger partial charge in [-0.3, -0.25) is 19.3 Å². The minimum Gasteiger partial charge on any atom is -0.354 e. The number of nitrogens with zero attached hydrogens (tertiary/aromatic N) is 1. The molecule has 6 heteroatoms. The Kier molecular flexibility index (Phi) is 3.76. The molecule has 98 valence electrons. The quantitative estimate of drug-likeness (QED) is 0.637. The molecule has 3 N–H and O–H groups in total. The van der Waals surface area contributed by atoms with Crippen molar-refractivity contribution in [2.24, 2.45) is 11.7 Å². The zero-order valence-electron chi connectivity index (χ0n) is 10.1. The lowest BCUT2D eigenvalue weighted by atomic mass is 10.1. The molecule has 2 rings (SSSR count). The summed E-state index contributed by atoms with van der Waals surface area (Å²) in [5, 5.41) is 2.74. The molecule has 2 aliphatic rings. The van der Waals surface area contributed by atoms with Crippen LogP contribution in [0.2, 0.25) is 0 Å². The van der Waals surface area contributed by atoms with Crippen LogP contribution >= 0.6 is 0 Å². The topological polar surface area (TPSA) is 92.5 Å². The number of carbonyl (C=O) groups excluding carboxylic acids is 3. The van der Waals surface area contributed by atoms with Crippen molar-refractivity contribution in [1.29, 1.82) is 0 Å². The number of nitrogens with one attached hydrogen (secondary N) is 1. The van der Waals surface area contributed by atoms with Crippen LogP contribution in [-0.4, -0.2) is 41.8 Å². The number of rotatable bonds is 4. The van der Waals surface area contributed by atoms with E-state index in [0.717, 1.165) is 24.2 Å². The van der Waals surface area contributed by atoms with Crippen LogP contribution in [0.4, 0.5) is 0 Å². The first kappa shape index (κ1) is 12.8. The average molecular weight is 251 g/mol. The van der Waals surface area contributed by atoms with Crippen molar-refractivity contribution >= 4 is 17.7 Å². The summed E-state index contributed by atoms with van der Waals surface area (Å²) in [6, 6.07) is 0.117. The fourth-order valence-electron chi connectivity index (χ4n) is 2.34. The Bertz CT molecular complexity index is 387. The van der Waals surface area contributed by atoms with Gasteiger partial charge in [-0.25, -0.2) is 0 Å². The molecule has 0 spiro atoms. The molecule has 0 bridgehead atoms. The fraction of sp³-hybridized carbons (Fsp3) is 0.583. The Hall–Kier alpha value is -1.69. The van der Waals surface area contributed by atoms with E-state index in [9.17, 15) is 14.4 Å². The van der Waals surface area contributed by atoms with Crippen molar-refractivity contribution in [3.63, 3.8) is 0 Å². The number of nitrogens with two attached hydrogens (primary N) is 1. The van der Waals surface area contributed by atoms with Crippen molar-refractivity contribution in [3.05, 3.63) is 12.2 Å². The summed E-state index contributed by atoms with van der Waals surface area (Å²) < 4.78 is 0. The van der Waals surface area contributed by atoms with E-state index in [1.807, 2.05) is 0 Å². The molecule has 1 aliphatic carbocycles. The van der Waals surface area contributed by atoms with Crippen LogP contribution in [0, 0.1) is 5.92 Å². The zero-order chi connectivity index (χ0) is 13.1. The minimum absolute atomic E-state index is 0.0249. The van der Waals surface area contributed by atoms with E-state index in [0.29, 0.717) is 6.54 Å². The molecule has 0 saturated heterocycles. The molecule has 6 nitrogen and oxygen atoms in total. The van der Waals surface area contributed by atoms with Crippen LogP contribution in [-0.2, 0) is 14.4 Å². The highest BCUT2D eigenvalue weighted by Gasteiger charge is 2.28. The summed E-state index contributed by atoms with van der Waals surface area (Å²) in [6.07, 6.45) is 4.89. The molecule has 18 heavy (non-hydrogen) atoms. The highest BCUT2D eigenvalue weighted by atomic mass is 16.2. The normalized spacial score (nSPS) is 27.1. The number of hydrogen-bond donors (Lipinski definition) is 2. The van der Waals surface area contributed by atoms with Crippen molar-refractivity contribution in [2.75, 3.05) is 13.1 Å². The van der Waals surface area contributed by atoms with Crippen LogP contribution in [0.3, 0.4) is 0 Å². The minimum atomic E-state index is -0.322. The first-order valence-corrected chi connectivity index (χ1v) is 6.15. The second-order valence-corrected chi connectivity index (χ2v) is 4.72. The molecule has 0 aromatic rings. The van der Waals surface area contributed by atoms with Gasteiger partial charge in [0.15, 0.2) is 0 Å². The van der Waals surface area contributed by atoms with Gasteiger partial charge in [0.1, 0.15) is 0 Å². The van der Waals surface area contributed by atoms with E-state index >= 15 is 0 Å². The van der Waals surface area contributed by atoms with Crippen molar-refractivity contribution in [3.8, 4) is 0 Å². The molecule has 1 saturated carbocycles. The molecular weight excluding hydrogens is 234 g/mol. The summed E-state index contributed by atoms with van der Waals surface area (Å²) >= 11 is 0. The standard InChI is InChI=1S/C12H17N3O3/c13-9-2-1-8(7-9)12(18)14-5-6-15-10(16)3-4-11(15)17/h3-4,8-9H,1-2,5-7,13H2,(H,14,18). The van der Waals surface area contributed by atoms with Gasteiger partial charge in [0.25, 0.3) is 11.8 Å². The third kappa shape index (κ3) is 2.76. The SMILES string of the molecule is NC1CCC(C(=O)NCCN2C(=O)C=CC2=O)C1. The van der Waals surface area contributed by atoms with Gasteiger partial charge in [-0.05, 0) is 19.3 Å². The van der Waals surface area contributed by atoms with Gasteiger partial charge in [-0.15, -0.1) is 0 Å². The van der Waals surface area contributed by atoms with Crippen LogP contribution in [0.15, 0.2) is 12.2 Å². The summed E-state index contributed by atoms with van der Waals surface area (Å²) in [5.41, 5.74) is 5.74. The van der Waals surface area contributed by atoms with Gasteiger partial charge in [0.2, 0.25) is 5.91 Å². The number of imide groups is 1. The molecule has 0 radical (unpaired) electrons. The van der Waals surface area contributed by atoms with Crippen LogP contribution in [0.1, 0.15) is 19.3 Å². The molecule has 2 unspecified atom stereocenters. The first-order valence-electron chi connectivity index (χ1n) is 6.15. The van der Waals surface area contributed by atoms with Gasteiger partial charge >= 0.3 is 0 Å². The van der Waals surface area contributed by atoms with Gasteiger partial charge in [-0.2, -0.15) is 0 Å². The summed E-state index contributed by atoms with van der Waals surface area (Å²) in [7, 11) is 0. The molecule has 0 aromatic carbocycles. The van der Waals surface area contributed by atoms with Crippen LogP contribution in [0.25, 0.3) is 0 Å². The lowest BCUT2D eigenvalue weighted by Gasteiger charge is -2.15. The molecule has 1 fully saturated rings. The molecule has 1 aliphatic heterocycles. The smallest absolute Gasteiger partial charge is 0.253 e. The lowest BCUT2D eigenvalue weighted by molar-refractivity contribution is -0.137. The predicted octanol–water partition coefficient (Wildman–Crippen LogP) is -0.845. The summed E-state index contributed by atoms with van der Waals surface area (Å²) in [4.78, 5) is 35.4. The molecular formula is C12H17N3O3. The van der Waals surface area contributed by atoms with E-state index < -0.39 is 0 Å². The van der Waals surface area contributed by atoms with Gasteiger partial charge < -0.3 is 11.1 Å². The van der Waals surface area contributed by atoms with E-state index in [1.54, 1.807) is 0 Å². The number of hydrogen-bond acceptors (Lipinski definition) is 4. The second-order valence-electron chi connectivity index (χ2n) is 4.72.